The number of rotatable bonds is 4. The van der Waals surface area contributed by atoms with Crippen LogP contribution in [-0.4, -0.2) is 26.8 Å². The van der Waals surface area contributed by atoms with Crippen LogP contribution in [0.1, 0.15) is 24.1 Å². The van der Waals surface area contributed by atoms with E-state index in [9.17, 15) is 0 Å². The summed E-state index contributed by atoms with van der Waals surface area (Å²) in [4.78, 5) is 0. The first-order valence-corrected chi connectivity index (χ1v) is 6.44. The summed E-state index contributed by atoms with van der Waals surface area (Å²) in [6, 6.07) is 4.37. The van der Waals surface area contributed by atoms with Gasteiger partial charge in [0.15, 0.2) is 11.5 Å². The lowest BCUT2D eigenvalue weighted by molar-refractivity contribution is 0.171. The van der Waals surface area contributed by atoms with Gasteiger partial charge in [0.2, 0.25) is 0 Å². The quantitative estimate of drug-likeness (QED) is 0.852. The van der Waals surface area contributed by atoms with Gasteiger partial charge in [-0.2, -0.15) is 0 Å². The zero-order valence-electron chi connectivity index (χ0n) is 11.3. The van der Waals surface area contributed by atoms with E-state index < -0.39 is 0 Å². The van der Waals surface area contributed by atoms with Gasteiger partial charge < -0.3 is 20.5 Å². The van der Waals surface area contributed by atoms with Gasteiger partial charge in [-0.15, -0.1) is 0 Å². The van der Waals surface area contributed by atoms with Crippen LogP contribution in [0.4, 0.5) is 0 Å². The molecule has 3 N–H and O–H groups in total. The lowest BCUT2D eigenvalue weighted by Gasteiger charge is -2.27. The second-order valence-corrected chi connectivity index (χ2v) is 4.83. The molecule has 18 heavy (non-hydrogen) atoms. The maximum atomic E-state index is 5.78. The lowest BCUT2D eigenvalue weighted by Crippen LogP contribution is -2.29. The zero-order chi connectivity index (χ0) is 13.1. The van der Waals surface area contributed by atoms with E-state index in [1.165, 1.54) is 11.1 Å². The molecule has 1 aromatic carbocycles. The third kappa shape index (κ3) is 2.44. The van der Waals surface area contributed by atoms with Crippen molar-refractivity contribution in [1.82, 2.24) is 5.32 Å². The second-order valence-electron chi connectivity index (χ2n) is 4.83. The molecule has 0 saturated carbocycles. The van der Waals surface area contributed by atoms with Crippen molar-refractivity contribution in [3.05, 3.63) is 23.3 Å². The van der Waals surface area contributed by atoms with Gasteiger partial charge in [0.1, 0.15) is 13.2 Å². The summed E-state index contributed by atoms with van der Waals surface area (Å²) in [6.07, 6.45) is 0. The van der Waals surface area contributed by atoms with Crippen molar-refractivity contribution in [1.29, 1.82) is 0 Å². The number of benzene rings is 1. The molecule has 0 aromatic heterocycles. The summed E-state index contributed by atoms with van der Waals surface area (Å²) in [7, 11) is 1.97. The molecule has 4 nitrogen and oxygen atoms in total. The molecular formula is C14H22N2O2. The molecule has 0 fully saturated rings. The average Bonchev–Trinajstić information content (AvgIpc) is 2.39. The Bertz CT molecular complexity index is 421. The van der Waals surface area contributed by atoms with Gasteiger partial charge >= 0.3 is 0 Å². The van der Waals surface area contributed by atoms with Gasteiger partial charge in [0.25, 0.3) is 0 Å². The zero-order valence-corrected chi connectivity index (χ0v) is 11.3. The van der Waals surface area contributed by atoms with Gasteiger partial charge in [0.05, 0.1) is 0 Å². The fourth-order valence-electron chi connectivity index (χ4n) is 2.42. The van der Waals surface area contributed by atoms with Crippen LogP contribution in [0, 0.1) is 12.8 Å². The van der Waals surface area contributed by atoms with Gasteiger partial charge in [-0.25, -0.2) is 0 Å². The third-order valence-corrected chi connectivity index (χ3v) is 3.52. The van der Waals surface area contributed by atoms with Crippen molar-refractivity contribution in [3.63, 3.8) is 0 Å². The fraction of sp³-hybridized carbons (Fsp3) is 0.571. The molecular weight excluding hydrogens is 228 g/mol. The molecule has 0 amide bonds. The van der Waals surface area contributed by atoms with E-state index in [-0.39, 0.29) is 6.04 Å². The average molecular weight is 250 g/mol. The van der Waals surface area contributed by atoms with Crippen LogP contribution < -0.4 is 20.5 Å². The van der Waals surface area contributed by atoms with Crippen molar-refractivity contribution in [2.75, 3.05) is 26.8 Å². The van der Waals surface area contributed by atoms with Crippen LogP contribution in [0.2, 0.25) is 0 Å². The summed E-state index contributed by atoms with van der Waals surface area (Å²) >= 11 is 0. The van der Waals surface area contributed by atoms with E-state index in [2.05, 4.69) is 31.3 Å². The number of ether oxygens (including phenoxy) is 2. The van der Waals surface area contributed by atoms with E-state index >= 15 is 0 Å². The Kier molecular flexibility index (Phi) is 4.09. The first-order chi connectivity index (χ1) is 8.67. The largest absolute Gasteiger partial charge is 0.486 e. The number of nitrogens with two attached hydrogens (primary N) is 1. The molecule has 2 atom stereocenters. The Morgan fingerprint density at radius 3 is 2.44 bits per heavy atom. The molecule has 1 aromatic rings. The molecule has 0 bridgehead atoms. The number of nitrogens with one attached hydrogen (secondary N) is 1. The molecule has 1 heterocycles. The highest BCUT2D eigenvalue weighted by Crippen LogP contribution is 2.36. The van der Waals surface area contributed by atoms with Gasteiger partial charge in [0, 0.05) is 6.04 Å². The van der Waals surface area contributed by atoms with Crippen LogP contribution in [0.25, 0.3) is 0 Å². The Hall–Kier alpha value is -1.26. The van der Waals surface area contributed by atoms with Gasteiger partial charge in [-0.05, 0) is 49.7 Å². The molecule has 0 saturated heterocycles. The van der Waals surface area contributed by atoms with Crippen LogP contribution >= 0.6 is 0 Å². The fourth-order valence-corrected chi connectivity index (χ4v) is 2.42. The molecule has 1 aliphatic heterocycles. The molecule has 0 spiro atoms. The number of aryl methyl sites for hydroxylation is 1. The number of hydrogen-bond donors (Lipinski definition) is 2. The third-order valence-electron chi connectivity index (χ3n) is 3.52. The molecule has 0 aliphatic carbocycles. The predicted molar refractivity (Wildman–Crippen MR) is 72.2 cm³/mol. The molecule has 1 aliphatic rings. The van der Waals surface area contributed by atoms with Crippen LogP contribution in [0.15, 0.2) is 12.1 Å². The normalized spacial score (nSPS) is 17.3. The lowest BCUT2D eigenvalue weighted by atomic mass is 9.91. The molecule has 0 radical (unpaired) electrons. The minimum atomic E-state index is 0.242. The van der Waals surface area contributed by atoms with Crippen molar-refractivity contribution in [3.8, 4) is 11.5 Å². The smallest absolute Gasteiger partial charge is 0.161 e. The van der Waals surface area contributed by atoms with Gasteiger partial charge in [-0.1, -0.05) is 6.92 Å². The summed E-state index contributed by atoms with van der Waals surface area (Å²) in [5.41, 5.74) is 8.22. The maximum absolute atomic E-state index is 5.78. The summed E-state index contributed by atoms with van der Waals surface area (Å²) in [6.45, 7) is 6.14. The number of fused-ring (bicyclic) bond motifs is 1. The maximum Gasteiger partial charge on any atom is 0.161 e. The summed E-state index contributed by atoms with van der Waals surface area (Å²) in [5.74, 6) is 2.06. The topological polar surface area (TPSA) is 56.5 Å². The summed E-state index contributed by atoms with van der Waals surface area (Å²) in [5, 5.41) is 3.34. The van der Waals surface area contributed by atoms with E-state index in [0.717, 1.165) is 11.5 Å². The van der Waals surface area contributed by atoms with Crippen LogP contribution in [0.3, 0.4) is 0 Å². The van der Waals surface area contributed by atoms with Gasteiger partial charge in [-0.3, -0.25) is 0 Å². The molecule has 100 valence electrons. The Labute approximate surface area is 108 Å². The van der Waals surface area contributed by atoms with Crippen molar-refractivity contribution < 1.29 is 9.47 Å². The van der Waals surface area contributed by atoms with Crippen molar-refractivity contribution in [2.24, 2.45) is 11.7 Å². The molecule has 2 rings (SSSR count). The highest BCUT2D eigenvalue weighted by molar-refractivity contribution is 5.48. The van der Waals surface area contributed by atoms with E-state index in [4.69, 9.17) is 15.2 Å². The number of hydrogen-bond acceptors (Lipinski definition) is 4. The van der Waals surface area contributed by atoms with E-state index in [1.807, 2.05) is 7.05 Å². The predicted octanol–water partition coefficient (Wildman–Crippen LogP) is 1.62. The van der Waals surface area contributed by atoms with E-state index in [1.54, 1.807) is 0 Å². The highest BCUT2D eigenvalue weighted by Gasteiger charge is 2.22. The van der Waals surface area contributed by atoms with Crippen molar-refractivity contribution >= 4 is 0 Å². The first-order valence-electron chi connectivity index (χ1n) is 6.44. The van der Waals surface area contributed by atoms with E-state index in [0.29, 0.717) is 25.7 Å². The summed E-state index contributed by atoms with van der Waals surface area (Å²) < 4.78 is 11.2. The molecule has 2 unspecified atom stereocenters. The Balaban J connectivity index is 2.37. The van der Waals surface area contributed by atoms with Crippen LogP contribution in [0.5, 0.6) is 11.5 Å². The standard InChI is InChI=1S/C14H22N2O2/c1-9-6-12-13(18-5-4-17-12)7-11(9)14(16-3)10(2)8-15/h6-7,10,14,16H,4-5,8,15H2,1-3H3. The molecule has 4 heteroatoms. The minimum absolute atomic E-state index is 0.242. The first kappa shape index (κ1) is 13.2. The monoisotopic (exact) mass is 250 g/mol. The second kappa shape index (κ2) is 5.59. The minimum Gasteiger partial charge on any atom is -0.486 e. The Morgan fingerprint density at radius 2 is 1.89 bits per heavy atom. The SMILES string of the molecule is CNC(c1cc2c(cc1C)OCCO2)C(C)CN. The van der Waals surface area contributed by atoms with Crippen molar-refractivity contribution in [2.45, 2.75) is 19.9 Å². The highest BCUT2D eigenvalue weighted by atomic mass is 16.6. The Morgan fingerprint density at radius 1 is 1.28 bits per heavy atom. The van der Waals surface area contributed by atoms with Crippen LogP contribution in [-0.2, 0) is 0 Å².